The van der Waals surface area contributed by atoms with Crippen LogP contribution in [0.1, 0.15) is 36.0 Å². The first-order valence-electron chi connectivity index (χ1n) is 6.74. The molecule has 118 valence electrons. The zero-order valence-corrected chi connectivity index (χ0v) is 12.9. The number of carbonyl (C=O) groups excluding carboxylic acids is 1. The summed E-state index contributed by atoms with van der Waals surface area (Å²) in [6, 6.07) is 6.89. The summed E-state index contributed by atoms with van der Waals surface area (Å²) in [6.45, 7) is 0.462. The second-order valence-electron chi connectivity index (χ2n) is 4.62. The molecule has 0 spiro atoms. The number of methoxy groups -OCH3 is 1. The third kappa shape index (κ3) is 7.10. The minimum absolute atomic E-state index is 0.0129. The van der Waals surface area contributed by atoms with Crippen LogP contribution >= 0.6 is 0 Å². The fraction of sp³-hybridized carbons (Fsp3) is 0.500. The fourth-order valence-electron chi connectivity index (χ4n) is 1.81. The highest BCUT2D eigenvalue weighted by molar-refractivity contribution is 7.89. The predicted molar refractivity (Wildman–Crippen MR) is 79.7 cm³/mol. The van der Waals surface area contributed by atoms with Crippen molar-refractivity contribution in [2.75, 3.05) is 19.5 Å². The Morgan fingerprint density at radius 1 is 1.14 bits per heavy atom. The number of unbranched alkanes of at least 4 members (excludes halogenated alkanes) is 3. The molecule has 0 radical (unpaired) electrons. The Bertz CT molecular complexity index is 556. The molecule has 0 saturated heterocycles. The lowest BCUT2D eigenvalue weighted by Crippen LogP contribution is -2.16. The van der Waals surface area contributed by atoms with Crippen molar-refractivity contribution in [3.63, 3.8) is 0 Å². The van der Waals surface area contributed by atoms with E-state index in [1.54, 1.807) is 24.3 Å². The van der Waals surface area contributed by atoms with E-state index in [0.717, 1.165) is 19.3 Å². The zero-order chi connectivity index (χ0) is 15.7. The van der Waals surface area contributed by atoms with Gasteiger partial charge in [-0.3, -0.25) is 0 Å². The van der Waals surface area contributed by atoms with Gasteiger partial charge in [-0.25, -0.2) is 18.4 Å². The molecule has 1 aromatic carbocycles. The van der Waals surface area contributed by atoms with Gasteiger partial charge in [-0.15, -0.1) is 0 Å². The number of benzene rings is 1. The molecule has 2 N–H and O–H groups in total. The fourth-order valence-corrected chi connectivity index (χ4v) is 2.42. The molecular weight excluding hydrogens is 294 g/mol. The van der Waals surface area contributed by atoms with Gasteiger partial charge in [0.05, 0.1) is 19.5 Å². The highest BCUT2D eigenvalue weighted by Crippen LogP contribution is 2.19. The van der Waals surface area contributed by atoms with Gasteiger partial charge in [-0.05, 0) is 25.0 Å². The van der Waals surface area contributed by atoms with Gasteiger partial charge in [0.25, 0.3) is 0 Å². The van der Waals surface area contributed by atoms with Gasteiger partial charge >= 0.3 is 5.97 Å². The highest BCUT2D eigenvalue weighted by Gasteiger charge is 2.11. The van der Waals surface area contributed by atoms with E-state index in [-0.39, 0.29) is 5.75 Å². The maximum Gasteiger partial charge on any atom is 0.341 e. The van der Waals surface area contributed by atoms with Crippen LogP contribution in [0.3, 0.4) is 0 Å². The van der Waals surface area contributed by atoms with Crippen molar-refractivity contribution in [3.05, 3.63) is 29.8 Å². The number of ether oxygens (including phenoxy) is 2. The Morgan fingerprint density at radius 2 is 1.81 bits per heavy atom. The predicted octanol–water partition coefficient (Wildman–Crippen LogP) is 1.70. The summed E-state index contributed by atoms with van der Waals surface area (Å²) in [5.41, 5.74) is 0.397. The minimum Gasteiger partial charge on any atom is -0.493 e. The van der Waals surface area contributed by atoms with Crippen molar-refractivity contribution in [2.24, 2.45) is 5.14 Å². The average molecular weight is 315 g/mol. The summed E-state index contributed by atoms with van der Waals surface area (Å²) >= 11 is 0. The number of primary sulfonamides is 1. The average Bonchev–Trinajstić information content (AvgIpc) is 2.44. The molecule has 21 heavy (non-hydrogen) atoms. The molecule has 1 rings (SSSR count). The quantitative estimate of drug-likeness (QED) is 0.553. The van der Waals surface area contributed by atoms with Gasteiger partial charge < -0.3 is 9.47 Å². The molecule has 0 aliphatic heterocycles. The Balaban J connectivity index is 2.29. The van der Waals surface area contributed by atoms with Gasteiger partial charge in [0.15, 0.2) is 0 Å². The summed E-state index contributed by atoms with van der Waals surface area (Å²) in [4.78, 5) is 11.5. The van der Waals surface area contributed by atoms with E-state index in [1.807, 2.05) is 0 Å². The van der Waals surface area contributed by atoms with Crippen LogP contribution in [0.5, 0.6) is 5.75 Å². The van der Waals surface area contributed by atoms with Crippen LogP contribution in [-0.2, 0) is 14.8 Å². The van der Waals surface area contributed by atoms with Crippen LogP contribution in [0, 0.1) is 0 Å². The zero-order valence-electron chi connectivity index (χ0n) is 12.1. The highest BCUT2D eigenvalue weighted by atomic mass is 32.2. The van der Waals surface area contributed by atoms with E-state index >= 15 is 0 Å². The summed E-state index contributed by atoms with van der Waals surface area (Å²) in [5.74, 6) is 0.0756. The second kappa shape index (κ2) is 8.63. The van der Waals surface area contributed by atoms with Crippen LogP contribution in [0.2, 0.25) is 0 Å². The molecule has 0 unspecified atom stereocenters. The molecule has 0 amide bonds. The van der Waals surface area contributed by atoms with Crippen molar-refractivity contribution < 1.29 is 22.7 Å². The van der Waals surface area contributed by atoms with Crippen molar-refractivity contribution in [1.82, 2.24) is 0 Å². The molecule has 0 aromatic heterocycles. The summed E-state index contributed by atoms with van der Waals surface area (Å²) in [7, 11) is -2.04. The SMILES string of the molecule is COC(=O)c1ccccc1OCCCCCCS(N)(=O)=O. The van der Waals surface area contributed by atoms with E-state index in [0.29, 0.717) is 24.3 Å². The number of carbonyl (C=O) groups is 1. The van der Waals surface area contributed by atoms with Crippen LogP contribution in [0.4, 0.5) is 0 Å². The normalized spacial score (nSPS) is 11.1. The first-order chi connectivity index (χ1) is 9.94. The molecule has 1 aromatic rings. The number of hydrogen-bond acceptors (Lipinski definition) is 5. The molecule has 0 bridgehead atoms. The first-order valence-corrected chi connectivity index (χ1v) is 8.46. The first kappa shape index (κ1) is 17.5. The van der Waals surface area contributed by atoms with Gasteiger partial charge in [0, 0.05) is 0 Å². The number of esters is 1. The third-order valence-corrected chi connectivity index (χ3v) is 3.73. The summed E-state index contributed by atoms with van der Waals surface area (Å²) < 4.78 is 31.7. The maximum atomic E-state index is 11.5. The van der Waals surface area contributed by atoms with E-state index in [1.165, 1.54) is 7.11 Å². The van der Waals surface area contributed by atoms with Crippen molar-refractivity contribution in [1.29, 1.82) is 0 Å². The number of hydrogen-bond donors (Lipinski definition) is 1. The minimum atomic E-state index is -3.36. The van der Waals surface area contributed by atoms with Gasteiger partial charge in [0.1, 0.15) is 11.3 Å². The molecule has 0 atom stereocenters. The van der Waals surface area contributed by atoms with Crippen LogP contribution in [0.25, 0.3) is 0 Å². The molecular formula is C14H21NO5S. The molecule has 0 saturated carbocycles. The van der Waals surface area contributed by atoms with Crippen LogP contribution < -0.4 is 9.88 Å². The molecule has 0 aliphatic carbocycles. The number of nitrogens with two attached hydrogens (primary N) is 1. The topological polar surface area (TPSA) is 95.7 Å². The number of sulfonamides is 1. The van der Waals surface area contributed by atoms with Gasteiger partial charge in [-0.1, -0.05) is 25.0 Å². The molecule has 6 nitrogen and oxygen atoms in total. The molecule has 0 heterocycles. The lowest BCUT2D eigenvalue weighted by molar-refractivity contribution is 0.0596. The smallest absolute Gasteiger partial charge is 0.341 e. The Morgan fingerprint density at radius 3 is 2.48 bits per heavy atom. The van der Waals surface area contributed by atoms with E-state index in [9.17, 15) is 13.2 Å². The Kier molecular flexibility index (Phi) is 7.18. The lowest BCUT2D eigenvalue weighted by atomic mass is 10.2. The standard InChI is InChI=1S/C14H21NO5S/c1-19-14(16)12-8-4-5-9-13(12)20-10-6-2-3-7-11-21(15,17)18/h4-5,8-9H,2-3,6-7,10-11H2,1H3,(H2,15,17,18). The Labute approximate surface area is 125 Å². The summed E-state index contributed by atoms with van der Waals surface area (Å²) in [5, 5.41) is 4.91. The van der Waals surface area contributed by atoms with Crippen molar-refractivity contribution in [3.8, 4) is 5.75 Å². The van der Waals surface area contributed by atoms with Crippen LogP contribution in [-0.4, -0.2) is 33.9 Å². The maximum absolute atomic E-state index is 11.5. The number of para-hydroxylation sites is 1. The van der Waals surface area contributed by atoms with Crippen molar-refractivity contribution >= 4 is 16.0 Å². The van der Waals surface area contributed by atoms with Crippen LogP contribution in [0.15, 0.2) is 24.3 Å². The lowest BCUT2D eigenvalue weighted by Gasteiger charge is -2.09. The molecule has 7 heteroatoms. The van der Waals surface area contributed by atoms with E-state index in [2.05, 4.69) is 4.74 Å². The summed E-state index contributed by atoms with van der Waals surface area (Å²) in [6.07, 6.45) is 2.95. The van der Waals surface area contributed by atoms with Gasteiger partial charge in [0.2, 0.25) is 10.0 Å². The van der Waals surface area contributed by atoms with Crippen molar-refractivity contribution in [2.45, 2.75) is 25.7 Å². The van der Waals surface area contributed by atoms with Gasteiger partial charge in [-0.2, -0.15) is 0 Å². The monoisotopic (exact) mass is 315 g/mol. The van der Waals surface area contributed by atoms with E-state index < -0.39 is 16.0 Å². The van der Waals surface area contributed by atoms with E-state index in [4.69, 9.17) is 9.88 Å². The second-order valence-corrected chi connectivity index (χ2v) is 6.35. The largest absolute Gasteiger partial charge is 0.493 e. The molecule has 0 fully saturated rings. The Hall–Kier alpha value is -1.60. The molecule has 0 aliphatic rings. The third-order valence-electron chi connectivity index (χ3n) is 2.87. The number of rotatable bonds is 9.